The lowest BCUT2D eigenvalue weighted by molar-refractivity contribution is -0.132. The number of carbonyl (C=O) groups is 2. The topological polar surface area (TPSA) is 77.8 Å². The Hall–Kier alpha value is -4.12. The van der Waals surface area contributed by atoms with Crippen LogP contribution in [0, 0.1) is 6.92 Å². The summed E-state index contributed by atoms with van der Waals surface area (Å²) < 4.78 is 0. The molecule has 0 fully saturated rings. The molecule has 5 nitrogen and oxygen atoms in total. The van der Waals surface area contributed by atoms with Crippen LogP contribution < -0.4 is 4.90 Å². The second kappa shape index (κ2) is 9.39. The molecular weight excluding hydrogens is 378 g/mol. The van der Waals surface area contributed by atoms with Crippen molar-refractivity contribution >= 4 is 41.2 Å². The molecule has 0 heterocycles. The van der Waals surface area contributed by atoms with Gasteiger partial charge in [-0.1, -0.05) is 42.0 Å². The summed E-state index contributed by atoms with van der Waals surface area (Å²) in [5.41, 5.74) is 5.55. The lowest BCUT2D eigenvalue weighted by atomic mass is 10.1. The van der Waals surface area contributed by atoms with Crippen molar-refractivity contribution in [3.8, 4) is 0 Å². The smallest absolute Gasteiger partial charge is 0.328 e. The number of anilines is 3. The molecule has 0 aliphatic heterocycles. The summed E-state index contributed by atoms with van der Waals surface area (Å²) in [4.78, 5) is 23.5. The van der Waals surface area contributed by atoms with E-state index in [1.54, 1.807) is 12.2 Å². The molecule has 0 saturated heterocycles. The van der Waals surface area contributed by atoms with Gasteiger partial charge < -0.3 is 15.1 Å². The number of rotatable bonds is 7. The average Bonchev–Trinajstić information content (AvgIpc) is 2.74. The van der Waals surface area contributed by atoms with Crippen molar-refractivity contribution in [2.45, 2.75) is 6.92 Å². The highest BCUT2D eigenvalue weighted by molar-refractivity contribution is 5.86. The molecule has 0 bridgehead atoms. The Morgan fingerprint density at radius 3 is 1.30 bits per heavy atom. The Bertz CT molecular complexity index is 1010. The van der Waals surface area contributed by atoms with Crippen LogP contribution in [0.2, 0.25) is 0 Å². The van der Waals surface area contributed by atoms with Gasteiger partial charge in [0.2, 0.25) is 0 Å². The summed E-state index contributed by atoms with van der Waals surface area (Å²) in [5.74, 6) is -1.98. The molecular formula is C25H21NO4. The maximum Gasteiger partial charge on any atom is 0.328 e. The van der Waals surface area contributed by atoms with Crippen LogP contribution in [0.25, 0.3) is 12.2 Å². The van der Waals surface area contributed by atoms with E-state index in [1.165, 1.54) is 0 Å². The minimum Gasteiger partial charge on any atom is -0.478 e. The van der Waals surface area contributed by atoms with Crippen molar-refractivity contribution in [1.29, 1.82) is 0 Å². The van der Waals surface area contributed by atoms with Crippen LogP contribution in [-0.2, 0) is 9.59 Å². The largest absolute Gasteiger partial charge is 0.478 e. The molecule has 0 spiro atoms. The number of nitrogens with zero attached hydrogens (tertiary/aromatic N) is 1. The Labute approximate surface area is 174 Å². The van der Waals surface area contributed by atoms with Crippen LogP contribution in [0.4, 0.5) is 17.1 Å². The minimum atomic E-state index is -0.989. The van der Waals surface area contributed by atoms with E-state index in [0.717, 1.165) is 45.9 Å². The summed E-state index contributed by atoms with van der Waals surface area (Å²) >= 11 is 0. The summed E-state index contributed by atoms with van der Waals surface area (Å²) in [6.45, 7) is 2.03. The maximum absolute atomic E-state index is 10.7. The van der Waals surface area contributed by atoms with E-state index in [1.807, 2.05) is 79.7 Å². The van der Waals surface area contributed by atoms with Gasteiger partial charge in [-0.3, -0.25) is 0 Å². The first kappa shape index (κ1) is 20.6. The molecule has 0 aromatic heterocycles. The van der Waals surface area contributed by atoms with E-state index in [2.05, 4.69) is 4.90 Å². The molecule has 0 aliphatic rings. The highest BCUT2D eigenvalue weighted by Crippen LogP contribution is 2.35. The third kappa shape index (κ3) is 5.45. The lowest BCUT2D eigenvalue weighted by Gasteiger charge is -2.26. The molecule has 5 heteroatoms. The van der Waals surface area contributed by atoms with E-state index >= 15 is 0 Å². The normalized spacial score (nSPS) is 11.1. The molecule has 0 atom stereocenters. The van der Waals surface area contributed by atoms with Crippen LogP contribution in [0.3, 0.4) is 0 Å². The van der Waals surface area contributed by atoms with Crippen molar-refractivity contribution in [1.82, 2.24) is 0 Å². The van der Waals surface area contributed by atoms with Crippen molar-refractivity contribution in [2.24, 2.45) is 0 Å². The summed E-state index contributed by atoms with van der Waals surface area (Å²) in [7, 11) is 0. The van der Waals surface area contributed by atoms with Crippen molar-refractivity contribution in [3.63, 3.8) is 0 Å². The molecule has 3 rings (SSSR count). The summed E-state index contributed by atoms with van der Waals surface area (Å²) in [6, 6.07) is 23.3. The second-order valence-electron chi connectivity index (χ2n) is 6.70. The highest BCUT2D eigenvalue weighted by atomic mass is 16.4. The van der Waals surface area contributed by atoms with E-state index in [0.29, 0.717) is 0 Å². The molecule has 3 aromatic carbocycles. The van der Waals surface area contributed by atoms with Crippen molar-refractivity contribution in [2.75, 3.05) is 4.90 Å². The van der Waals surface area contributed by atoms with E-state index in [9.17, 15) is 9.59 Å². The molecule has 0 saturated carbocycles. The minimum absolute atomic E-state index is 0.791. The molecule has 2 N–H and O–H groups in total. The van der Waals surface area contributed by atoms with Gasteiger partial charge in [0.15, 0.2) is 0 Å². The van der Waals surface area contributed by atoms with Crippen LogP contribution in [0.15, 0.2) is 84.9 Å². The van der Waals surface area contributed by atoms with Crippen LogP contribution in [-0.4, -0.2) is 22.2 Å². The number of hydrogen-bond acceptors (Lipinski definition) is 3. The quantitative estimate of drug-likeness (QED) is 0.501. The molecule has 150 valence electrons. The fourth-order valence-corrected chi connectivity index (χ4v) is 2.95. The molecule has 0 radical (unpaired) electrons. The Kier molecular flexibility index (Phi) is 6.45. The predicted molar refractivity (Wildman–Crippen MR) is 119 cm³/mol. The van der Waals surface area contributed by atoms with Gasteiger partial charge in [-0.25, -0.2) is 9.59 Å². The third-order valence-corrected chi connectivity index (χ3v) is 4.43. The standard InChI is InChI=1S/C25H21NO4/c1-18-2-10-21(11-3-18)26(22-12-4-19(5-13-22)8-16-24(27)28)23-14-6-20(7-15-23)9-17-25(29)30/h2-17H,1H3,(H,27,28)(H,29,30). The van der Waals surface area contributed by atoms with Gasteiger partial charge in [-0.2, -0.15) is 0 Å². The number of aliphatic carboxylic acids is 2. The van der Waals surface area contributed by atoms with Gasteiger partial charge in [-0.05, 0) is 66.6 Å². The zero-order valence-electron chi connectivity index (χ0n) is 16.4. The van der Waals surface area contributed by atoms with Crippen LogP contribution in [0.1, 0.15) is 16.7 Å². The van der Waals surface area contributed by atoms with E-state index in [-0.39, 0.29) is 0 Å². The number of aryl methyl sites for hydroxylation is 1. The first-order valence-electron chi connectivity index (χ1n) is 9.31. The number of benzene rings is 3. The lowest BCUT2D eigenvalue weighted by Crippen LogP contribution is -2.09. The molecule has 0 aliphatic carbocycles. The Morgan fingerprint density at radius 2 is 0.967 bits per heavy atom. The zero-order chi connectivity index (χ0) is 21.5. The number of hydrogen-bond donors (Lipinski definition) is 2. The van der Waals surface area contributed by atoms with Crippen LogP contribution >= 0.6 is 0 Å². The SMILES string of the molecule is Cc1ccc(N(c2ccc(C=CC(=O)O)cc2)c2ccc(C=CC(=O)O)cc2)cc1. The van der Waals surface area contributed by atoms with E-state index < -0.39 is 11.9 Å². The first-order valence-corrected chi connectivity index (χ1v) is 9.31. The highest BCUT2D eigenvalue weighted by Gasteiger charge is 2.12. The molecule has 3 aromatic rings. The fraction of sp³-hybridized carbons (Fsp3) is 0.0400. The van der Waals surface area contributed by atoms with E-state index in [4.69, 9.17) is 10.2 Å². The zero-order valence-corrected chi connectivity index (χ0v) is 16.4. The third-order valence-electron chi connectivity index (χ3n) is 4.43. The molecule has 0 amide bonds. The second-order valence-corrected chi connectivity index (χ2v) is 6.70. The van der Waals surface area contributed by atoms with Crippen molar-refractivity contribution in [3.05, 3.63) is 102 Å². The fourth-order valence-electron chi connectivity index (χ4n) is 2.95. The van der Waals surface area contributed by atoms with Gasteiger partial charge in [-0.15, -0.1) is 0 Å². The maximum atomic E-state index is 10.7. The monoisotopic (exact) mass is 399 g/mol. The number of carboxylic acids is 2. The van der Waals surface area contributed by atoms with Gasteiger partial charge in [0.1, 0.15) is 0 Å². The predicted octanol–water partition coefficient (Wildman–Crippen LogP) is 5.66. The average molecular weight is 399 g/mol. The van der Waals surface area contributed by atoms with Gasteiger partial charge in [0.25, 0.3) is 0 Å². The van der Waals surface area contributed by atoms with Crippen molar-refractivity contribution < 1.29 is 19.8 Å². The molecule has 0 unspecified atom stereocenters. The number of carboxylic acid groups (broad SMARTS) is 2. The first-order chi connectivity index (χ1) is 14.4. The van der Waals surface area contributed by atoms with Gasteiger partial charge in [0.05, 0.1) is 0 Å². The van der Waals surface area contributed by atoms with Gasteiger partial charge in [0, 0.05) is 29.2 Å². The Morgan fingerprint density at radius 1 is 0.633 bits per heavy atom. The summed E-state index contributed by atoms with van der Waals surface area (Å²) in [5, 5.41) is 17.6. The van der Waals surface area contributed by atoms with Gasteiger partial charge >= 0.3 is 11.9 Å². The summed E-state index contributed by atoms with van der Waals surface area (Å²) in [6.07, 6.45) is 5.31. The molecule has 30 heavy (non-hydrogen) atoms. The Balaban J connectivity index is 1.98. The van der Waals surface area contributed by atoms with Crippen LogP contribution in [0.5, 0.6) is 0 Å².